The zero-order valence-corrected chi connectivity index (χ0v) is 12.8. The number of fused-ring (bicyclic) bond motifs is 1. The van der Waals surface area contributed by atoms with E-state index in [9.17, 15) is 4.79 Å². The quantitative estimate of drug-likeness (QED) is 0.664. The smallest absolute Gasteiger partial charge is 0.261 e. The molecule has 0 fully saturated rings. The number of rotatable bonds is 5. The molecule has 1 aliphatic rings. The first-order valence-corrected chi connectivity index (χ1v) is 8.03. The SMILES string of the molecule is CN(C)CCCNC(=O)c1cc2c(s1)CCCCC2. The lowest BCUT2D eigenvalue weighted by Gasteiger charge is -2.09. The van der Waals surface area contributed by atoms with Crippen LogP contribution in [0, 0.1) is 0 Å². The van der Waals surface area contributed by atoms with Gasteiger partial charge in [-0.25, -0.2) is 0 Å². The Labute approximate surface area is 120 Å². The van der Waals surface area contributed by atoms with Crippen molar-refractivity contribution in [3.8, 4) is 0 Å². The molecule has 0 aromatic carbocycles. The summed E-state index contributed by atoms with van der Waals surface area (Å²) in [5.41, 5.74) is 1.42. The predicted octanol–water partition coefficient (Wildman–Crippen LogP) is 2.70. The van der Waals surface area contributed by atoms with Crippen LogP contribution in [-0.2, 0) is 12.8 Å². The minimum atomic E-state index is 0.108. The van der Waals surface area contributed by atoms with E-state index in [1.165, 1.54) is 29.7 Å². The molecule has 0 spiro atoms. The van der Waals surface area contributed by atoms with Gasteiger partial charge in [-0.05, 0) is 64.4 Å². The van der Waals surface area contributed by atoms with Gasteiger partial charge in [0.15, 0.2) is 0 Å². The van der Waals surface area contributed by atoms with Crippen LogP contribution in [0.5, 0.6) is 0 Å². The number of thiophene rings is 1. The summed E-state index contributed by atoms with van der Waals surface area (Å²) in [5, 5.41) is 3.02. The van der Waals surface area contributed by atoms with Crippen molar-refractivity contribution in [2.45, 2.75) is 38.5 Å². The highest BCUT2D eigenvalue weighted by atomic mass is 32.1. The lowest BCUT2D eigenvalue weighted by atomic mass is 10.1. The molecule has 3 nitrogen and oxygen atoms in total. The van der Waals surface area contributed by atoms with E-state index in [1.807, 2.05) is 0 Å². The molecule has 0 aliphatic heterocycles. The molecule has 1 aromatic heterocycles. The number of hydrogen-bond acceptors (Lipinski definition) is 3. The molecule has 106 valence electrons. The Morgan fingerprint density at radius 2 is 2.11 bits per heavy atom. The molecule has 2 rings (SSSR count). The van der Waals surface area contributed by atoms with E-state index >= 15 is 0 Å². The molecule has 1 heterocycles. The Hall–Kier alpha value is -0.870. The molecule has 0 bridgehead atoms. The number of nitrogens with zero attached hydrogens (tertiary/aromatic N) is 1. The Morgan fingerprint density at radius 1 is 1.32 bits per heavy atom. The number of hydrogen-bond donors (Lipinski definition) is 1. The largest absolute Gasteiger partial charge is 0.351 e. The normalized spacial score (nSPS) is 15.1. The van der Waals surface area contributed by atoms with Gasteiger partial charge < -0.3 is 10.2 Å². The first kappa shape index (κ1) is 14.5. The van der Waals surface area contributed by atoms with Gasteiger partial charge in [-0.15, -0.1) is 11.3 Å². The van der Waals surface area contributed by atoms with E-state index in [4.69, 9.17) is 0 Å². The van der Waals surface area contributed by atoms with Crippen molar-refractivity contribution in [1.82, 2.24) is 10.2 Å². The molecule has 1 N–H and O–H groups in total. The highest BCUT2D eigenvalue weighted by molar-refractivity contribution is 7.14. The van der Waals surface area contributed by atoms with Gasteiger partial charge in [0, 0.05) is 11.4 Å². The Bertz CT molecular complexity index is 402. The molecule has 19 heavy (non-hydrogen) atoms. The van der Waals surface area contributed by atoms with Crippen molar-refractivity contribution in [2.24, 2.45) is 0 Å². The van der Waals surface area contributed by atoms with Crippen LogP contribution in [-0.4, -0.2) is 38.0 Å². The second-order valence-electron chi connectivity index (χ2n) is 5.53. The molecule has 0 saturated carbocycles. The Morgan fingerprint density at radius 3 is 2.89 bits per heavy atom. The maximum Gasteiger partial charge on any atom is 0.261 e. The summed E-state index contributed by atoms with van der Waals surface area (Å²) in [5.74, 6) is 0.108. The van der Waals surface area contributed by atoms with Gasteiger partial charge in [-0.1, -0.05) is 6.42 Å². The first-order valence-electron chi connectivity index (χ1n) is 7.21. The maximum absolute atomic E-state index is 12.1. The zero-order valence-electron chi connectivity index (χ0n) is 12.0. The van der Waals surface area contributed by atoms with Crippen molar-refractivity contribution in [2.75, 3.05) is 27.2 Å². The second kappa shape index (κ2) is 7.06. The second-order valence-corrected chi connectivity index (χ2v) is 6.67. The third-order valence-corrected chi connectivity index (χ3v) is 4.77. The zero-order chi connectivity index (χ0) is 13.7. The van der Waals surface area contributed by atoms with Gasteiger partial charge in [-0.3, -0.25) is 4.79 Å². The molecule has 1 aliphatic carbocycles. The summed E-state index contributed by atoms with van der Waals surface area (Å²) >= 11 is 1.70. The molecule has 0 saturated heterocycles. The van der Waals surface area contributed by atoms with Gasteiger partial charge in [-0.2, -0.15) is 0 Å². The van der Waals surface area contributed by atoms with E-state index < -0.39 is 0 Å². The van der Waals surface area contributed by atoms with Crippen molar-refractivity contribution >= 4 is 17.2 Å². The van der Waals surface area contributed by atoms with Crippen LogP contribution in [0.1, 0.15) is 45.8 Å². The molecular formula is C15H24N2OS. The summed E-state index contributed by atoms with van der Waals surface area (Å²) in [4.78, 5) is 16.6. The third-order valence-electron chi connectivity index (χ3n) is 3.54. The molecule has 0 radical (unpaired) electrons. The Kier molecular flexibility index (Phi) is 5.40. The van der Waals surface area contributed by atoms with E-state index in [0.717, 1.165) is 37.2 Å². The fourth-order valence-electron chi connectivity index (χ4n) is 2.46. The van der Waals surface area contributed by atoms with E-state index in [1.54, 1.807) is 11.3 Å². The van der Waals surface area contributed by atoms with Gasteiger partial charge in [0.2, 0.25) is 0 Å². The fraction of sp³-hybridized carbons (Fsp3) is 0.667. The van der Waals surface area contributed by atoms with Gasteiger partial charge in [0.25, 0.3) is 5.91 Å². The van der Waals surface area contributed by atoms with Crippen molar-refractivity contribution < 1.29 is 4.79 Å². The Balaban J connectivity index is 1.86. The van der Waals surface area contributed by atoms with Crippen LogP contribution in [0.15, 0.2) is 6.07 Å². The van der Waals surface area contributed by atoms with E-state index in [0.29, 0.717) is 0 Å². The highest BCUT2D eigenvalue weighted by Crippen LogP contribution is 2.28. The number of carbonyl (C=O) groups excluding carboxylic acids is 1. The van der Waals surface area contributed by atoms with Gasteiger partial charge in [0.05, 0.1) is 4.88 Å². The van der Waals surface area contributed by atoms with Crippen molar-refractivity contribution in [3.05, 3.63) is 21.4 Å². The van der Waals surface area contributed by atoms with E-state index in [2.05, 4.69) is 30.4 Å². The van der Waals surface area contributed by atoms with Crippen molar-refractivity contribution in [3.63, 3.8) is 0 Å². The van der Waals surface area contributed by atoms with Crippen LogP contribution < -0.4 is 5.32 Å². The number of carbonyl (C=O) groups is 1. The number of amides is 1. The third kappa shape index (κ3) is 4.32. The minimum Gasteiger partial charge on any atom is -0.351 e. The van der Waals surface area contributed by atoms with Gasteiger partial charge >= 0.3 is 0 Å². The number of aryl methyl sites for hydroxylation is 2. The average molecular weight is 280 g/mol. The van der Waals surface area contributed by atoms with E-state index in [-0.39, 0.29) is 5.91 Å². The molecular weight excluding hydrogens is 256 g/mol. The molecule has 0 unspecified atom stereocenters. The van der Waals surface area contributed by atoms with Crippen LogP contribution in [0.3, 0.4) is 0 Å². The number of nitrogens with one attached hydrogen (secondary N) is 1. The summed E-state index contributed by atoms with van der Waals surface area (Å²) < 4.78 is 0. The van der Waals surface area contributed by atoms with Crippen LogP contribution in [0.2, 0.25) is 0 Å². The maximum atomic E-state index is 12.1. The lowest BCUT2D eigenvalue weighted by Crippen LogP contribution is -2.26. The standard InChI is InChI=1S/C15H24N2OS/c1-17(2)10-6-9-16-15(18)14-11-12-7-4-3-5-8-13(12)19-14/h11H,3-10H2,1-2H3,(H,16,18). The van der Waals surface area contributed by atoms with Gasteiger partial charge in [0.1, 0.15) is 0 Å². The monoisotopic (exact) mass is 280 g/mol. The first-order chi connectivity index (χ1) is 9.16. The molecule has 0 atom stereocenters. The summed E-state index contributed by atoms with van der Waals surface area (Å²) in [6.07, 6.45) is 7.19. The average Bonchev–Trinajstić information content (AvgIpc) is 2.66. The lowest BCUT2D eigenvalue weighted by molar-refractivity contribution is 0.0956. The molecule has 4 heteroatoms. The summed E-state index contributed by atoms with van der Waals surface area (Å²) in [6.45, 7) is 1.78. The highest BCUT2D eigenvalue weighted by Gasteiger charge is 2.15. The fourth-order valence-corrected chi connectivity index (χ4v) is 3.63. The van der Waals surface area contributed by atoms with Crippen LogP contribution >= 0.6 is 11.3 Å². The van der Waals surface area contributed by atoms with Crippen molar-refractivity contribution in [1.29, 1.82) is 0 Å². The van der Waals surface area contributed by atoms with Crippen LogP contribution in [0.4, 0.5) is 0 Å². The molecule has 1 aromatic rings. The summed E-state index contributed by atoms with van der Waals surface area (Å²) in [7, 11) is 4.11. The minimum absolute atomic E-state index is 0.108. The molecule has 1 amide bonds. The topological polar surface area (TPSA) is 32.3 Å². The predicted molar refractivity (Wildman–Crippen MR) is 81.1 cm³/mol. The summed E-state index contributed by atoms with van der Waals surface area (Å²) in [6, 6.07) is 2.12. The van der Waals surface area contributed by atoms with Crippen LogP contribution in [0.25, 0.3) is 0 Å².